The van der Waals surface area contributed by atoms with Gasteiger partial charge in [-0.1, -0.05) is 85.0 Å². The van der Waals surface area contributed by atoms with Gasteiger partial charge in [0.15, 0.2) is 5.88 Å². The summed E-state index contributed by atoms with van der Waals surface area (Å²) in [7, 11) is 1.70. The number of hydrogen-bond donors (Lipinski definition) is 1. The van der Waals surface area contributed by atoms with E-state index in [0.29, 0.717) is 17.0 Å². The lowest BCUT2D eigenvalue weighted by Gasteiger charge is -2.16. The fraction of sp³-hybridized carbons (Fsp3) is 0.0857. The van der Waals surface area contributed by atoms with Crippen molar-refractivity contribution in [3.05, 3.63) is 166 Å². The number of aliphatic hydroxyl groups is 1. The first-order valence-electron chi connectivity index (χ1n) is 12.9. The summed E-state index contributed by atoms with van der Waals surface area (Å²) in [4.78, 5) is 8.23. The van der Waals surface area contributed by atoms with Gasteiger partial charge < -0.3 is 14.7 Å². The Labute approximate surface area is 255 Å². The van der Waals surface area contributed by atoms with E-state index >= 15 is 0 Å². The molecule has 0 saturated carbocycles. The van der Waals surface area contributed by atoms with Crippen LogP contribution in [0.5, 0.6) is 0 Å². The summed E-state index contributed by atoms with van der Waals surface area (Å²) >= 11 is 0. The number of likely N-dealkylation sites (N-methyl/N-ethyl adjacent to an activating group) is 1. The second kappa shape index (κ2) is 15.8. The Morgan fingerprint density at radius 2 is 1.25 bits per heavy atom. The summed E-state index contributed by atoms with van der Waals surface area (Å²) < 4.78 is 5.57. The van der Waals surface area contributed by atoms with Crippen LogP contribution in [0.25, 0.3) is 20.8 Å². The minimum absolute atomic E-state index is 0.108. The molecular weight excluding hydrogens is 550 g/mol. The molecule has 0 spiro atoms. The topological polar surface area (TPSA) is 137 Å². The van der Waals surface area contributed by atoms with E-state index in [1.54, 1.807) is 103 Å². The van der Waals surface area contributed by atoms with Crippen LogP contribution in [0.15, 0.2) is 132 Å². The predicted octanol–water partition coefficient (Wildman–Crippen LogP) is 6.20. The van der Waals surface area contributed by atoms with Crippen molar-refractivity contribution in [2.45, 2.75) is 12.3 Å². The zero-order chi connectivity index (χ0) is 31.9. The Morgan fingerprint density at radius 1 is 0.773 bits per heavy atom. The lowest BCUT2D eigenvalue weighted by molar-refractivity contribution is -0.0383. The molecule has 2 aromatic rings. The van der Waals surface area contributed by atoms with Crippen LogP contribution in [0.3, 0.4) is 0 Å². The molecule has 44 heavy (non-hydrogen) atoms. The van der Waals surface area contributed by atoms with E-state index in [2.05, 4.69) is 21.8 Å². The van der Waals surface area contributed by atoms with Gasteiger partial charge in [0.1, 0.15) is 6.04 Å². The molecule has 0 bridgehead atoms. The molecule has 2 unspecified atom stereocenters. The largest absolute Gasteiger partial charge is 0.447 e. The SMILES string of the molecule is [C-]#[N+]\C(C#N)=C(/C(C#N)=C/C=C/C1C(O)O\C(=C/C=C/C=C(C#N)/C(=C(\C#N)[N+]#[C-])c2ccccc2)N1C)c1ccccc1. The monoisotopic (exact) mass is 573 g/mol. The first kappa shape index (κ1) is 31.6. The summed E-state index contributed by atoms with van der Waals surface area (Å²) in [6, 6.07) is 24.6. The van der Waals surface area contributed by atoms with Crippen molar-refractivity contribution < 1.29 is 9.84 Å². The number of rotatable bonds is 8. The van der Waals surface area contributed by atoms with Crippen molar-refractivity contribution in [2.24, 2.45) is 0 Å². The minimum Gasteiger partial charge on any atom is -0.447 e. The van der Waals surface area contributed by atoms with Gasteiger partial charge in [0, 0.05) is 18.2 Å². The highest BCUT2D eigenvalue weighted by atomic mass is 16.6. The third-order valence-electron chi connectivity index (χ3n) is 6.33. The molecule has 2 aromatic carbocycles. The van der Waals surface area contributed by atoms with Gasteiger partial charge in [-0.05, 0) is 29.4 Å². The van der Waals surface area contributed by atoms with Gasteiger partial charge in [0.25, 0.3) is 11.4 Å². The lowest BCUT2D eigenvalue weighted by Crippen LogP contribution is -2.29. The van der Waals surface area contributed by atoms with Gasteiger partial charge in [-0.15, -0.1) is 0 Å². The van der Waals surface area contributed by atoms with E-state index in [-0.39, 0.29) is 33.7 Å². The highest BCUT2D eigenvalue weighted by molar-refractivity contribution is 5.89. The van der Waals surface area contributed by atoms with Crippen molar-refractivity contribution in [3.8, 4) is 24.3 Å². The molecule has 1 saturated heterocycles. The molecule has 0 amide bonds. The Hall–Kier alpha value is -6.88. The summed E-state index contributed by atoms with van der Waals surface area (Å²) in [5.74, 6) is 0.321. The number of benzene rings is 2. The first-order chi connectivity index (χ1) is 21.4. The molecule has 9 heteroatoms. The number of allylic oxidation sites excluding steroid dienone is 12. The van der Waals surface area contributed by atoms with E-state index in [9.17, 15) is 26.2 Å². The predicted molar refractivity (Wildman–Crippen MR) is 164 cm³/mol. The van der Waals surface area contributed by atoms with Gasteiger partial charge in [-0.3, -0.25) is 0 Å². The van der Waals surface area contributed by atoms with Gasteiger partial charge in [-0.25, -0.2) is 20.2 Å². The van der Waals surface area contributed by atoms with Crippen molar-refractivity contribution in [3.63, 3.8) is 0 Å². The second-order valence-electron chi connectivity index (χ2n) is 8.90. The zero-order valence-electron chi connectivity index (χ0n) is 23.5. The summed E-state index contributed by atoms with van der Waals surface area (Å²) in [5, 5.41) is 49.0. The van der Waals surface area contributed by atoms with Crippen molar-refractivity contribution >= 4 is 11.1 Å². The highest BCUT2D eigenvalue weighted by Gasteiger charge is 2.33. The van der Waals surface area contributed by atoms with E-state index in [4.69, 9.17) is 17.9 Å². The normalized spacial score (nSPS) is 18.6. The van der Waals surface area contributed by atoms with E-state index in [1.165, 1.54) is 12.2 Å². The fourth-order valence-corrected chi connectivity index (χ4v) is 4.23. The Kier molecular flexibility index (Phi) is 11.4. The van der Waals surface area contributed by atoms with Crippen LogP contribution in [0.1, 0.15) is 11.1 Å². The summed E-state index contributed by atoms with van der Waals surface area (Å²) in [6.07, 6.45) is 9.62. The van der Waals surface area contributed by atoms with Crippen LogP contribution < -0.4 is 0 Å². The number of hydrogen-bond acceptors (Lipinski definition) is 7. The third-order valence-corrected chi connectivity index (χ3v) is 6.33. The van der Waals surface area contributed by atoms with Gasteiger partial charge in [0.2, 0.25) is 6.29 Å². The van der Waals surface area contributed by atoms with Gasteiger partial charge >= 0.3 is 0 Å². The number of ether oxygens (including phenoxy) is 1. The Bertz CT molecular complexity index is 1840. The number of nitriles is 4. The lowest BCUT2D eigenvalue weighted by atomic mass is 9.96. The average Bonchev–Trinajstić information content (AvgIpc) is 3.33. The standard InChI is InChI=1S/C35H23N7O2/c1-40-29(23-38)33(25-13-6-4-7-14-25)27(21-36)17-10-11-20-32-42(3)31(35(43)44-32)19-12-18-28(22-37)34(30(24-39)41-2)26-15-8-5-9-16-26/h4-20,31,35,43H,3H3/b11-10+,19-12+,27-17+,28-18+,32-20-,33-29+,34-30-. The van der Waals surface area contributed by atoms with Crippen molar-refractivity contribution in [2.75, 3.05) is 7.05 Å². The van der Waals surface area contributed by atoms with Crippen LogP contribution >= 0.6 is 0 Å². The van der Waals surface area contributed by atoms with Crippen LogP contribution in [0.4, 0.5) is 0 Å². The molecule has 2 atom stereocenters. The maximum absolute atomic E-state index is 10.5. The molecule has 3 rings (SSSR count). The molecule has 0 aliphatic carbocycles. The van der Waals surface area contributed by atoms with E-state index in [1.807, 2.05) is 12.1 Å². The highest BCUT2D eigenvalue weighted by Crippen LogP contribution is 2.29. The molecule has 210 valence electrons. The molecule has 0 radical (unpaired) electrons. The number of aliphatic hydroxyl groups excluding tert-OH is 1. The molecule has 1 aliphatic heterocycles. The zero-order valence-corrected chi connectivity index (χ0v) is 23.5. The summed E-state index contributed by atoms with van der Waals surface area (Å²) in [6.45, 7) is 14.7. The Balaban J connectivity index is 1.86. The molecule has 1 fully saturated rings. The summed E-state index contributed by atoms with van der Waals surface area (Å²) in [5.41, 5.74) is 1.38. The van der Waals surface area contributed by atoms with Gasteiger partial charge in [0.05, 0.1) is 48.6 Å². The maximum atomic E-state index is 10.5. The minimum atomic E-state index is -1.23. The molecule has 1 aliphatic rings. The molecule has 0 aromatic heterocycles. The Morgan fingerprint density at radius 3 is 1.68 bits per heavy atom. The van der Waals surface area contributed by atoms with Crippen molar-refractivity contribution in [1.82, 2.24) is 4.90 Å². The number of nitrogens with zero attached hydrogens (tertiary/aromatic N) is 7. The molecular formula is C35H23N7O2. The van der Waals surface area contributed by atoms with E-state index < -0.39 is 12.3 Å². The smallest absolute Gasteiger partial charge is 0.270 e. The van der Waals surface area contributed by atoms with E-state index in [0.717, 1.165) is 0 Å². The van der Waals surface area contributed by atoms with Crippen LogP contribution in [-0.2, 0) is 4.74 Å². The van der Waals surface area contributed by atoms with Gasteiger partial charge in [-0.2, -0.15) is 10.5 Å². The van der Waals surface area contributed by atoms with Crippen LogP contribution in [0.2, 0.25) is 0 Å². The van der Waals surface area contributed by atoms with Crippen molar-refractivity contribution in [1.29, 1.82) is 21.0 Å². The molecule has 1 N–H and O–H groups in total. The fourth-order valence-electron chi connectivity index (χ4n) is 4.23. The second-order valence-corrected chi connectivity index (χ2v) is 8.90. The molecule has 9 nitrogen and oxygen atoms in total. The average molecular weight is 574 g/mol. The third kappa shape index (κ3) is 7.44. The van der Waals surface area contributed by atoms with Crippen LogP contribution in [-0.4, -0.2) is 29.4 Å². The maximum Gasteiger partial charge on any atom is 0.270 e. The quantitative estimate of drug-likeness (QED) is 0.226. The molecule has 1 heterocycles. The van der Waals surface area contributed by atoms with Crippen LogP contribution in [0, 0.1) is 58.5 Å². The first-order valence-corrected chi connectivity index (χ1v) is 12.9.